The second-order valence-electron chi connectivity index (χ2n) is 3.83. The topological polar surface area (TPSA) is 76.1 Å². The zero-order valence-electron chi connectivity index (χ0n) is 10.2. The van der Waals surface area contributed by atoms with Crippen LogP contribution in [0.25, 0.3) is 0 Å². The van der Waals surface area contributed by atoms with Crippen LogP contribution in [0, 0.1) is 0 Å². The van der Waals surface area contributed by atoms with Crippen LogP contribution in [0.1, 0.15) is 10.5 Å². The van der Waals surface area contributed by atoms with Crippen molar-refractivity contribution in [1.82, 2.24) is 9.71 Å². The van der Waals surface area contributed by atoms with E-state index < -0.39 is 15.9 Å². The van der Waals surface area contributed by atoms with Crippen LogP contribution < -0.4 is 4.72 Å². The van der Waals surface area contributed by atoms with Gasteiger partial charge in [-0.05, 0) is 24.3 Å². The minimum absolute atomic E-state index is 0.0656. The lowest BCUT2D eigenvalue weighted by Gasteiger charge is -2.09. The highest BCUT2D eigenvalue weighted by molar-refractivity contribution is 7.90. The molecule has 21 heavy (non-hydrogen) atoms. The van der Waals surface area contributed by atoms with Crippen LogP contribution in [-0.2, 0) is 10.0 Å². The number of hydrogen-bond donors (Lipinski definition) is 1. The lowest BCUT2D eigenvalue weighted by Crippen LogP contribution is -2.31. The molecule has 0 aliphatic heterocycles. The number of sulfonamides is 1. The Hall–Kier alpha value is -1.34. The molecule has 0 aliphatic carbocycles. The number of hydrogen-bond acceptors (Lipinski definition) is 4. The number of pyridine rings is 1. The molecule has 9 heteroatoms. The van der Waals surface area contributed by atoms with E-state index in [1.54, 1.807) is 0 Å². The van der Waals surface area contributed by atoms with E-state index in [9.17, 15) is 13.2 Å². The third-order valence-corrected chi connectivity index (χ3v) is 4.86. The number of carbonyl (C=O) groups is 1. The van der Waals surface area contributed by atoms with Gasteiger partial charge in [-0.1, -0.05) is 46.9 Å². The van der Waals surface area contributed by atoms with Gasteiger partial charge in [0.2, 0.25) is 0 Å². The summed E-state index contributed by atoms with van der Waals surface area (Å²) in [6.07, 6.45) is 0. The van der Waals surface area contributed by atoms with Crippen LogP contribution in [0.5, 0.6) is 0 Å². The Morgan fingerprint density at radius 3 is 2.14 bits per heavy atom. The molecule has 1 amide bonds. The van der Waals surface area contributed by atoms with Crippen molar-refractivity contribution in [2.24, 2.45) is 0 Å². The minimum Gasteiger partial charge on any atom is -0.266 e. The molecular formula is C12H7Cl3N2O3S. The van der Waals surface area contributed by atoms with E-state index in [2.05, 4.69) is 4.98 Å². The first-order valence-electron chi connectivity index (χ1n) is 5.45. The van der Waals surface area contributed by atoms with Crippen molar-refractivity contribution in [3.05, 3.63) is 57.3 Å². The largest absolute Gasteiger partial charge is 0.283 e. The quantitative estimate of drug-likeness (QED) is 0.848. The number of rotatable bonds is 3. The maximum atomic E-state index is 12.2. The van der Waals surface area contributed by atoms with Crippen molar-refractivity contribution in [2.75, 3.05) is 0 Å². The van der Waals surface area contributed by atoms with E-state index in [1.165, 1.54) is 36.4 Å². The van der Waals surface area contributed by atoms with E-state index in [0.29, 0.717) is 0 Å². The first-order valence-corrected chi connectivity index (χ1v) is 8.06. The Morgan fingerprint density at radius 1 is 1.00 bits per heavy atom. The van der Waals surface area contributed by atoms with Crippen molar-refractivity contribution in [3.8, 4) is 0 Å². The van der Waals surface area contributed by atoms with Gasteiger partial charge in [-0.2, -0.15) is 0 Å². The zero-order chi connectivity index (χ0) is 15.6. The summed E-state index contributed by atoms with van der Waals surface area (Å²) in [6.45, 7) is 0. The molecule has 0 saturated heterocycles. The van der Waals surface area contributed by atoms with Gasteiger partial charge in [0.25, 0.3) is 15.9 Å². The predicted octanol–water partition coefficient (Wildman–Crippen LogP) is 3.16. The summed E-state index contributed by atoms with van der Waals surface area (Å²) in [7, 11) is -4.23. The van der Waals surface area contributed by atoms with Crippen molar-refractivity contribution < 1.29 is 13.2 Å². The van der Waals surface area contributed by atoms with Crippen molar-refractivity contribution in [3.63, 3.8) is 0 Å². The molecule has 110 valence electrons. The van der Waals surface area contributed by atoms with Gasteiger partial charge in [-0.15, -0.1) is 0 Å². The third-order valence-electron chi connectivity index (χ3n) is 2.36. The maximum absolute atomic E-state index is 12.2. The van der Waals surface area contributed by atoms with Gasteiger partial charge in [0.1, 0.15) is 15.7 Å². The van der Waals surface area contributed by atoms with Crippen LogP contribution in [-0.4, -0.2) is 19.3 Å². The molecule has 0 radical (unpaired) electrons. The monoisotopic (exact) mass is 364 g/mol. The Bertz CT molecular complexity index is 789. The summed E-state index contributed by atoms with van der Waals surface area (Å²) >= 11 is 17.3. The Labute approximate surface area is 135 Å². The first kappa shape index (κ1) is 16.0. The highest BCUT2D eigenvalue weighted by Gasteiger charge is 2.24. The number of nitrogens with zero attached hydrogens (tertiary/aromatic N) is 1. The highest BCUT2D eigenvalue weighted by atomic mass is 35.5. The minimum atomic E-state index is -4.23. The third kappa shape index (κ3) is 3.65. The molecule has 1 aromatic heterocycles. The molecule has 1 aromatic carbocycles. The van der Waals surface area contributed by atoms with E-state index in [-0.39, 0.29) is 25.8 Å². The Balaban J connectivity index is 2.36. The van der Waals surface area contributed by atoms with Crippen LogP contribution in [0.2, 0.25) is 15.2 Å². The predicted molar refractivity (Wildman–Crippen MR) is 80.4 cm³/mol. The number of carbonyl (C=O) groups excluding carboxylic acids is 1. The van der Waals surface area contributed by atoms with Crippen molar-refractivity contribution in [1.29, 1.82) is 0 Å². The number of amides is 1. The molecular weight excluding hydrogens is 359 g/mol. The molecule has 0 atom stereocenters. The number of halogens is 3. The van der Waals surface area contributed by atoms with Crippen LogP contribution >= 0.6 is 34.8 Å². The summed E-state index contributed by atoms with van der Waals surface area (Å²) < 4.78 is 26.2. The summed E-state index contributed by atoms with van der Waals surface area (Å²) in [5.41, 5.74) is -0.144. The molecule has 1 heterocycles. The molecule has 0 unspecified atom stereocenters. The van der Waals surface area contributed by atoms with Gasteiger partial charge in [0.15, 0.2) is 0 Å². The average Bonchev–Trinajstić information content (AvgIpc) is 2.37. The van der Waals surface area contributed by atoms with Crippen LogP contribution in [0.4, 0.5) is 0 Å². The summed E-state index contributed by atoms with van der Waals surface area (Å²) in [4.78, 5) is 15.3. The molecule has 0 bridgehead atoms. The first-order chi connectivity index (χ1) is 9.81. The molecule has 2 aromatic rings. The standard InChI is InChI=1S/C12H7Cl3N2O3S/c13-7-3-1-4-8(14)11(7)21(19,20)17-12(18)9-5-2-6-10(15)16-9/h1-6H,(H,17,18). The van der Waals surface area contributed by atoms with Gasteiger partial charge in [0.05, 0.1) is 10.0 Å². The van der Waals surface area contributed by atoms with E-state index in [4.69, 9.17) is 34.8 Å². The fourth-order valence-electron chi connectivity index (χ4n) is 1.50. The number of nitrogens with one attached hydrogen (secondary N) is 1. The van der Waals surface area contributed by atoms with Gasteiger partial charge in [-0.25, -0.2) is 18.1 Å². The number of benzene rings is 1. The van der Waals surface area contributed by atoms with Gasteiger partial charge >= 0.3 is 0 Å². The van der Waals surface area contributed by atoms with Gasteiger partial charge < -0.3 is 0 Å². The SMILES string of the molecule is O=C(NS(=O)(=O)c1c(Cl)cccc1Cl)c1cccc(Cl)n1. The molecule has 1 N–H and O–H groups in total. The summed E-state index contributed by atoms with van der Waals surface area (Å²) in [5.74, 6) is -0.937. The molecule has 0 saturated carbocycles. The lowest BCUT2D eigenvalue weighted by molar-refractivity contribution is 0.0976. The molecule has 0 fully saturated rings. The summed E-state index contributed by atoms with van der Waals surface area (Å²) in [6, 6.07) is 8.44. The molecule has 5 nitrogen and oxygen atoms in total. The summed E-state index contributed by atoms with van der Waals surface area (Å²) in [5, 5.41) is -0.125. The average molecular weight is 366 g/mol. The molecule has 2 rings (SSSR count). The number of aromatic nitrogens is 1. The second kappa shape index (κ2) is 6.19. The molecule has 0 spiro atoms. The van der Waals surface area contributed by atoms with Crippen LogP contribution in [0.3, 0.4) is 0 Å². The maximum Gasteiger partial charge on any atom is 0.283 e. The Kier molecular flexibility index (Phi) is 4.73. The van der Waals surface area contributed by atoms with E-state index in [1.807, 2.05) is 4.72 Å². The van der Waals surface area contributed by atoms with E-state index in [0.717, 1.165) is 0 Å². The lowest BCUT2D eigenvalue weighted by atomic mass is 10.3. The second-order valence-corrected chi connectivity index (χ2v) is 6.65. The van der Waals surface area contributed by atoms with Gasteiger partial charge in [0, 0.05) is 0 Å². The van der Waals surface area contributed by atoms with Gasteiger partial charge in [-0.3, -0.25) is 4.79 Å². The fourth-order valence-corrected chi connectivity index (χ4v) is 3.77. The van der Waals surface area contributed by atoms with Crippen molar-refractivity contribution >= 4 is 50.7 Å². The smallest absolute Gasteiger partial charge is 0.266 e. The van der Waals surface area contributed by atoms with E-state index >= 15 is 0 Å². The molecule has 0 aliphatic rings. The normalized spacial score (nSPS) is 11.2. The van der Waals surface area contributed by atoms with Crippen LogP contribution in [0.15, 0.2) is 41.3 Å². The zero-order valence-corrected chi connectivity index (χ0v) is 13.3. The highest BCUT2D eigenvalue weighted by Crippen LogP contribution is 2.28. The fraction of sp³-hybridized carbons (Fsp3) is 0. The van der Waals surface area contributed by atoms with Crippen molar-refractivity contribution in [2.45, 2.75) is 4.90 Å². The Morgan fingerprint density at radius 2 is 1.57 bits per heavy atom.